The average molecular weight is 362 g/mol. The van der Waals surface area contributed by atoms with Gasteiger partial charge in [-0.3, -0.25) is 10.1 Å². The first-order chi connectivity index (χ1) is 12.4. The van der Waals surface area contributed by atoms with E-state index in [1.165, 1.54) is 18.2 Å². The van der Waals surface area contributed by atoms with Gasteiger partial charge in [0.15, 0.2) is 5.82 Å². The van der Waals surface area contributed by atoms with Crippen molar-refractivity contribution >= 4 is 11.7 Å². The smallest absolute Gasteiger partial charge is 0.331 e. The maximum atomic E-state index is 12.9. The van der Waals surface area contributed by atoms with Crippen molar-refractivity contribution in [1.29, 1.82) is 0 Å². The highest BCUT2D eigenvalue weighted by Gasteiger charge is 2.33. The maximum absolute atomic E-state index is 12.9. The average Bonchev–Trinajstić information content (AvgIpc) is 3.09. The fourth-order valence-corrected chi connectivity index (χ4v) is 2.17. The molecule has 2 aromatic heterocycles. The van der Waals surface area contributed by atoms with Crippen LogP contribution in [0, 0.1) is 0 Å². The predicted octanol–water partition coefficient (Wildman–Crippen LogP) is 3.21. The van der Waals surface area contributed by atoms with E-state index in [9.17, 15) is 18.0 Å². The largest absolute Gasteiger partial charge is 0.418 e. The van der Waals surface area contributed by atoms with Crippen molar-refractivity contribution in [3.63, 3.8) is 0 Å². The fourth-order valence-electron chi connectivity index (χ4n) is 2.17. The highest BCUT2D eigenvalue weighted by Crippen LogP contribution is 2.34. The van der Waals surface area contributed by atoms with Crippen LogP contribution >= 0.6 is 0 Å². The van der Waals surface area contributed by atoms with Crippen LogP contribution in [-0.4, -0.2) is 26.2 Å². The number of rotatable bonds is 4. The Kier molecular flexibility index (Phi) is 4.83. The summed E-state index contributed by atoms with van der Waals surface area (Å²) in [6.45, 7) is -0.0297. The molecule has 0 saturated carbocycles. The van der Waals surface area contributed by atoms with Gasteiger partial charge >= 0.3 is 12.2 Å². The van der Waals surface area contributed by atoms with Gasteiger partial charge in [-0.25, -0.2) is 9.78 Å². The highest BCUT2D eigenvalue weighted by molar-refractivity contribution is 5.90. The topological polar surface area (TPSA) is 95.6 Å². The second kappa shape index (κ2) is 7.21. The summed E-state index contributed by atoms with van der Waals surface area (Å²) in [5.74, 6) is 0.781. The summed E-state index contributed by atoms with van der Waals surface area (Å²) in [6, 6.07) is 7.39. The number of aromatic amines is 1. The van der Waals surface area contributed by atoms with Crippen molar-refractivity contribution in [3.05, 3.63) is 60.2 Å². The fraction of sp³-hybridized carbons (Fsp3) is 0.125. The van der Waals surface area contributed by atoms with E-state index in [1.54, 1.807) is 24.5 Å². The van der Waals surface area contributed by atoms with Gasteiger partial charge in [-0.15, -0.1) is 0 Å². The number of hydrogen-bond donors (Lipinski definition) is 3. The molecule has 10 heteroatoms. The number of carbonyl (C=O) groups excluding carboxylic acids is 1. The third-order valence-corrected chi connectivity index (χ3v) is 3.37. The van der Waals surface area contributed by atoms with Crippen LogP contribution in [0.3, 0.4) is 0 Å². The SMILES string of the molecule is O=C(NCc1nc(-c2ccncc2)n[nH]1)Nc1ccccc1C(F)(F)F. The van der Waals surface area contributed by atoms with Crippen molar-refractivity contribution in [2.24, 2.45) is 0 Å². The zero-order chi connectivity index (χ0) is 18.6. The molecule has 1 aromatic carbocycles. The Bertz CT molecular complexity index is 894. The summed E-state index contributed by atoms with van der Waals surface area (Å²) in [5, 5.41) is 11.3. The summed E-state index contributed by atoms with van der Waals surface area (Å²) in [4.78, 5) is 20.0. The minimum atomic E-state index is -4.56. The molecule has 0 radical (unpaired) electrons. The van der Waals surface area contributed by atoms with Crippen molar-refractivity contribution in [3.8, 4) is 11.4 Å². The minimum Gasteiger partial charge on any atom is -0.331 e. The molecule has 0 spiro atoms. The summed E-state index contributed by atoms with van der Waals surface area (Å²) in [5.41, 5.74) is -0.506. The number of pyridine rings is 1. The number of halogens is 3. The molecule has 0 unspecified atom stereocenters. The molecule has 0 bridgehead atoms. The normalized spacial score (nSPS) is 11.2. The van der Waals surface area contributed by atoms with E-state index >= 15 is 0 Å². The van der Waals surface area contributed by atoms with Crippen molar-refractivity contribution in [2.45, 2.75) is 12.7 Å². The predicted molar refractivity (Wildman–Crippen MR) is 86.9 cm³/mol. The molecule has 3 N–H and O–H groups in total. The lowest BCUT2D eigenvalue weighted by Crippen LogP contribution is -2.29. The van der Waals surface area contributed by atoms with Gasteiger partial charge in [0.05, 0.1) is 17.8 Å². The van der Waals surface area contributed by atoms with E-state index in [-0.39, 0.29) is 12.2 Å². The summed E-state index contributed by atoms with van der Waals surface area (Å²) in [7, 11) is 0. The number of amides is 2. The number of nitrogens with one attached hydrogen (secondary N) is 3. The Morgan fingerprint density at radius 1 is 1.12 bits per heavy atom. The van der Waals surface area contributed by atoms with E-state index in [2.05, 4.69) is 30.8 Å². The van der Waals surface area contributed by atoms with Gasteiger partial charge < -0.3 is 10.6 Å². The second-order valence-corrected chi connectivity index (χ2v) is 5.19. The number of nitrogens with zero attached hydrogens (tertiary/aromatic N) is 3. The lowest BCUT2D eigenvalue weighted by molar-refractivity contribution is -0.136. The number of urea groups is 1. The Morgan fingerprint density at radius 2 is 1.85 bits per heavy atom. The van der Waals surface area contributed by atoms with E-state index < -0.39 is 17.8 Å². The maximum Gasteiger partial charge on any atom is 0.418 e. The van der Waals surface area contributed by atoms with Gasteiger partial charge in [0.2, 0.25) is 0 Å². The second-order valence-electron chi connectivity index (χ2n) is 5.19. The molecule has 0 aliphatic rings. The molecular formula is C16H13F3N6O. The van der Waals surface area contributed by atoms with E-state index in [4.69, 9.17) is 0 Å². The lowest BCUT2D eigenvalue weighted by atomic mass is 10.1. The molecule has 2 amide bonds. The van der Waals surface area contributed by atoms with Crippen LogP contribution in [0.25, 0.3) is 11.4 Å². The van der Waals surface area contributed by atoms with E-state index in [0.717, 1.165) is 11.6 Å². The summed E-state index contributed by atoms with van der Waals surface area (Å²) in [6.07, 6.45) is -1.38. The molecule has 2 heterocycles. The number of anilines is 1. The third-order valence-electron chi connectivity index (χ3n) is 3.37. The number of hydrogen-bond acceptors (Lipinski definition) is 4. The van der Waals surface area contributed by atoms with Crippen molar-refractivity contribution in [1.82, 2.24) is 25.5 Å². The van der Waals surface area contributed by atoms with Crippen LogP contribution in [0.2, 0.25) is 0 Å². The first-order valence-electron chi connectivity index (χ1n) is 7.46. The van der Waals surface area contributed by atoms with Gasteiger partial charge in [-0.1, -0.05) is 12.1 Å². The minimum absolute atomic E-state index is 0.0297. The molecule has 3 rings (SSSR count). The van der Waals surface area contributed by atoms with Crippen molar-refractivity contribution in [2.75, 3.05) is 5.32 Å². The summed E-state index contributed by atoms with van der Waals surface area (Å²) >= 11 is 0. The van der Waals surface area contributed by atoms with Crippen LogP contribution in [0.1, 0.15) is 11.4 Å². The Balaban J connectivity index is 1.61. The monoisotopic (exact) mass is 362 g/mol. The number of benzene rings is 1. The number of H-pyrrole nitrogens is 1. The first-order valence-corrected chi connectivity index (χ1v) is 7.46. The molecule has 0 aliphatic carbocycles. The van der Waals surface area contributed by atoms with Crippen LogP contribution < -0.4 is 10.6 Å². The number of alkyl halides is 3. The van der Waals surface area contributed by atoms with Gasteiger partial charge in [-0.2, -0.15) is 18.3 Å². The molecule has 0 atom stereocenters. The van der Waals surface area contributed by atoms with Crippen LogP contribution in [0.5, 0.6) is 0 Å². The molecule has 0 saturated heterocycles. The molecule has 0 fully saturated rings. The first kappa shape index (κ1) is 17.4. The van der Waals surface area contributed by atoms with Crippen LogP contribution in [0.4, 0.5) is 23.7 Å². The zero-order valence-electron chi connectivity index (χ0n) is 13.2. The summed E-state index contributed by atoms with van der Waals surface area (Å²) < 4.78 is 38.7. The Hall–Kier alpha value is -3.43. The van der Waals surface area contributed by atoms with Gasteiger partial charge in [0, 0.05) is 18.0 Å². The third kappa shape index (κ3) is 4.15. The molecular weight excluding hydrogens is 349 g/mol. The quantitative estimate of drug-likeness (QED) is 0.664. The van der Waals surface area contributed by atoms with E-state index in [0.29, 0.717) is 11.6 Å². The molecule has 3 aromatic rings. The molecule has 134 valence electrons. The molecule has 7 nitrogen and oxygen atoms in total. The van der Waals surface area contributed by atoms with Crippen LogP contribution in [0.15, 0.2) is 48.8 Å². The van der Waals surface area contributed by atoms with Gasteiger partial charge in [0.1, 0.15) is 5.82 Å². The number of para-hydroxylation sites is 1. The zero-order valence-corrected chi connectivity index (χ0v) is 13.2. The van der Waals surface area contributed by atoms with Gasteiger partial charge in [0.25, 0.3) is 0 Å². The van der Waals surface area contributed by atoms with E-state index in [1.807, 2.05) is 0 Å². The number of aromatic nitrogens is 4. The Morgan fingerprint density at radius 3 is 2.58 bits per heavy atom. The van der Waals surface area contributed by atoms with Crippen molar-refractivity contribution < 1.29 is 18.0 Å². The standard InChI is InChI=1S/C16H13F3N6O/c17-16(18,19)11-3-1-2-4-12(11)22-15(26)21-9-13-23-14(25-24-13)10-5-7-20-8-6-10/h1-8H,9H2,(H2,21,22,26)(H,23,24,25). The van der Waals surface area contributed by atoms with Crippen LogP contribution in [-0.2, 0) is 12.7 Å². The molecule has 26 heavy (non-hydrogen) atoms. The lowest BCUT2D eigenvalue weighted by Gasteiger charge is -2.13. The highest BCUT2D eigenvalue weighted by atomic mass is 19.4. The Labute approximate surface area is 145 Å². The van der Waals surface area contributed by atoms with Gasteiger partial charge in [-0.05, 0) is 24.3 Å². The number of carbonyl (C=O) groups is 1. The molecule has 0 aliphatic heterocycles.